The van der Waals surface area contributed by atoms with Gasteiger partial charge >= 0.3 is 6.03 Å². The van der Waals surface area contributed by atoms with Crippen LogP contribution in [0.25, 0.3) is 0 Å². The Hall–Kier alpha value is -1.75. The fourth-order valence-corrected chi connectivity index (χ4v) is 3.29. The van der Waals surface area contributed by atoms with E-state index in [2.05, 4.69) is 29.3 Å². The molecule has 0 aromatic heterocycles. The van der Waals surface area contributed by atoms with Gasteiger partial charge in [-0.25, -0.2) is 4.79 Å². The Morgan fingerprint density at radius 2 is 1.83 bits per heavy atom. The molecule has 0 radical (unpaired) electrons. The van der Waals surface area contributed by atoms with E-state index in [1.807, 2.05) is 17.0 Å². The van der Waals surface area contributed by atoms with Gasteiger partial charge < -0.3 is 19.9 Å². The molecule has 1 heterocycles. The number of benzene rings is 1. The number of carbonyl (C=O) groups is 1. The van der Waals surface area contributed by atoms with E-state index in [0.717, 1.165) is 57.9 Å². The van der Waals surface area contributed by atoms with E-state index in [1.54, 1.807) is 7.11 Å². The fraction of sp³-hybridized carbons (Fsp3) is 0.611. The van der Waals surface area contributed by atoms with Crippen molar-refractivity contribution in [2.75, 3.05) is 46.4 Å². The molecule has 2 fully saturated rings. The number of amides is 2. The quantitative estimate of drug-likeness (QED) is 0.904. The predicted molar refractivity (Wildman–Crippen MR) is 91.0 cm³/mol. The smallest absolute Gasteiger partial charge is 0.317 e. The lowest BCUT2D eigenvalue weighted by Gasteiger charge is -2.34. The molecular formula is C18H27N3O2. The van der Waals surface area contributed by atoms with Crippen molar-refractivity contribution in [3.05, 3.63) is 29.8 Å². The maximum Gasteiger partial charge on any atom is 0.317 e. The molecule has 23 heavy (non-hydrogen) atoms. The zero-order valence-corrected chi connectivity index (χ0v) is 14.2. The first-order valence-corrected chi connectivity index (χ1v) is 8.56. The SMILES string of the molecule is CCN1CCN(C(=O)NCC2(c3ccc(OC)cc3)CC2)CC1. The summed E-state index contributed by atoms with van der Waals surface area (Å²) in [6, 6.07) is 8.33. The van der Waals surface area contributed by atoms with E-state index >= 15 is 0 Å². The van der Waals surface area contributed by atoms with Crippen LogP contribution in [0, 0.1) is 0 Å². The van der Waals surface area contributed by atoms with Gasteiger partial charge in [-0.1, -0.05) is 19.1 Å². The lowest BCUT2D eigenvalue weighted by atomic mass is 9.96. The highest BCUT2D eigenvalue weighted by molar-refractivity contribution is 5.74. The molecule has 0 atom stereocenters. The van der Waals surface area contributed by atoms with Gasteiger partial charge in [0.15, 0.2) is 0 Å². The molecule has 2 amide bonds. The molecule has 1 saturated heterocycles. The van der Waals surface area contributed by atoms with E-state index in [-0.39, 0.29) is 11.4 Å². The highest BCUT2D eigenvalue weighted by atomic mass is 16.5. The predicted octanol–water partition coefficient (Wildman–Crippen LogP) is 2.07. The van der Waals surface area contributed by atoms with Crippen LogP contribution in [-0.4, -0.2) is 62.2 Å². The van der Waals surface area contributed by atoms with Crippen LogP contribution in [0.1, 0.15) is 25.3 Å². The van der Waals surface area contributed by atoms with Crippen molar-refractivity contribution >= 4 is 6.03 Å². The van der Waals surface area contributed by atoms with Gasteiger partial charge in [-0.05, 0) is 37.1 Å². The van der Waals surface area contributed by atoms with Gasteiger partial charge in [0.2, 0.25) is 0 Å². The van der Waals surface area contributed by atoms with E-state index in [1.165, 1.54) is 5.56 Å². The highest BCUT2D eigenvalue weighted by Gasteiger charge is 2.44. The number of urea groups is 1. The third kappa shape index (κ3) is 3.61. The van der Waals surface area contributed by atoms with Crippen LogP contribution in [0.3, 0.4) is 0 Å². The van der Waals surface area contributed by atoms with Crippen LogP contribution in [0.15, 0.2) is 24.3 Å². The van der Waals surface area contributed by atoms with Crippen molar-refractivity contribution in [1.29, 1.82) is 0 Å². The summed E-state index contributed by atoms with van der Waals surface area (Å²) in [4.78, 5) is 16.7. The van der Waals surface area contributed by atoms with Gasteiger partial charge in [0.25, 0.3) is 0 Å². The topological polar surface area (TPSA) is 44.8 Å². The monoisotopic (exact) mass is 317 g/mol. The zero-order valence-electron chi connectivity index (χ0n) is 14.2. The molecule has 0 spiro atoms. The Kier molecular flexibility index (Phi) is 4.76. The lowest BCUT2D eigenvalue weighted by molar-refractivity contribution is 0.142. The Morgan fingerprint density at radius 1 is 1.17 bits per heavy atom. The molecule has 1 aromatic carbocycles. The molecule has 1 aliphatic heterocycles. The van der Waals surface area contributed by atoms with Gasteiger partial charge in [0.05, 0.1) is 7.11 Å². The molecule has 5 heteroatoms. The fourth-order valence-electron chi connectivity index (χ4n) is 3.29. The molecule has 0 bridgehead atoms. The minimum absolute atomic E-state index is 0.0838. The summed E-state index contributed by atoms with van der Waals surface area (Å²) >= 11 is 0. The van der Waals surface area contributed by atoms with Gasteiger partial charge in [-0.15, -0.1) is 0 Å². The third-order valence-electron chi connectivity index (χ3n) is 5.24. The normalized spacial score (nSPS) is 20.2. The average molecular weight is 317 g/mol. The van der Waals surface area contributed by atoms with Crippen LogP contribution >= 0.6 is 0 Å². The van der Waals surface area contributed by atoms with Crippen molar-refractivity contribution in [3.63, 3.8) is 0 Å². The maximum absolute atomic E-state index is 12.4. The standard InChI is InChI=1S/C18H27N3O2/c1-3-20-10-12-21(13-11-20)17(22)19-14-18(8-9-18)15-4-6-16(23-2)7-5-15/h4-7H,3,8-14H2,1-2H3,(H,19,22). The van der Waals surface area contributed by atoms with Gasteiger partial charge in [0.1, 0.15) is 5.75 Å². The Morgan fingerprint density at radius 3 is 2.35 bits per heavy atom. The van der Waals surface area contributed by atoms with Crippen LogP contribution in [0.4, 0.5) is 4.79 Å². The maximum atomic E-state index is 12.4. The van der Waals surface area contributed by atoms with E-state index in [4.69, 9.17) is 4.74 Å². The summed E-state index contributed by atoms with van der Waals surface area (Å²) in [5.41, 5.74) is 1.43. The number of nitrogens with zero attached hydrogens (tertiary/aromatic N) is 2. The van der Waals surface area contributed by atoms with Crippen molar-refractivity contribution in [1.82, 2.24) is 15.1 Å². The van der Waals surface area contributed by atoms with E-state index < -0.39 is 0 Å². The lowest BCUT2D eigenvalue weighted by Crippen LogP contribution is -2.52. The highest BCUT2D eigenvalue weighted by Crippen LogP contribution is 2.47. The molecule has 2 aliphatic rings. The Balaban J connectivity index is 1.52. The van der Waals surface area contributed by atoms with Crippen LogP contribution < -0.4 is 10.1 Å². The van der Waals surface area contributed by atoms with Gasteiger partial charge in [0, 0.05) is 38.1 Å². The summed E-state index contributed by atoms with van der Waals surface area (Å²) in [5.74, 6) is 0.877. The average Bonchev–Trinajstić information content (AvgIpc) is 3.41. The van der Waals surface area contributed by atoms with Crippen LogP contribution in [0.2, 0.25) is 0 Å². The third-order valence-corrected chi connectivity index (χ3v) is 5.24. The van der Waals surface area contributed by atoms with Gasteiger partial charge in [-0.2, -0.15) is 0 Å². The summed E-state index contributed by atoms with van der Waals surface area (Å²) in [7, 11) is 1.68. The molecule has 0 unspecified atom stereocenters. The minimum atomic E-state index is 0.0838. The number of rotatable bonds is 5. The molecular weight excluding hydrogens is 290 g/mol. The molecule has 126 valence electrons. The number of likely N-dealkylation sites (N-methyl/N-ethyl adjacent to an activating group) is 1. The first kappa shape index (κ1) is 16.1. The minimum Gasteiger partial charge on any atom is -0.497 e. The number of hydrogen-bond donors (Lipinski definition) is 1. The van der Waals surface area contributed by atoms with Crippen molar-refractivity contribution in [3.8, 4) is 5.75 Å². The van der Waals surface area contributed by atoms with Crippen molar-refractivity contribution in [2.24, 2.45) is 0 Å². The number of methoxy groups -OCH3 is 1. The second-order valence-electron chi connectivity index (χ2n) is 6.59. The molecule has 1 aliphatic carbocycles. The van der Waals surface area contributed by atoms with Crippen LogP contribution in [0.5, 0.6) is 5.75 Å². The molecule has 5 nitrogen and oxygen atoms in total. The number of piperazine rings is 1. The van der Waals surface area contributed by atoms with Crippen LogP contribution in [-0.2, 0) is 5.41 Å². The molecule has 3 rings (SSSR count). The Labute approximate surface area is 138 Å². The summed E-state index contributed by atoms with van der Waals surface area (Å²) in [5, 5.41) is 3.15. The number of hydrogen-bond acceptors (Lipinski definition) is 3. The number of ether oxygens (including phenoxy) is 1. The molecule has 1 saturated carbocycles. The second-order valence-corrected chi connectivity index (χ2v) is 6.59. The van der Waals surface area contributed by atoms with Crippen molar-refractivity contribution in [2.45, 2.75) is 25.2 Å². The van der Waals surface area contributed by atoms with Crippen molar-refractivity contribution < 1.29 is 9.53 Å². The first-order valence-electron chi connectivity index (χ1n) is 8.56. The summed E-state index contributed by atoms with van der Waals surface area (Å²) in [6.45, 7) is 7.58. The molecule has 1 aromatic rings. The number of carbonyl (C=O) groups excluding carboxylic acids is 1. The molecule has 1 N–H and O–H groups in total. The first-order chi connectivity index (χ1) is 11.2. The van der Waals surface area contributed by atoms with E-state index in [9.17, 15) is 4.79 Å². The summed E-state index contributed by atoms with van der Waals surface area (Å²) in [6.07, 6.45) is 2.28. The summed E-state index contributed by atoms with van der Waals surface area (Å²) < 4.78 is 5.22. The second kappa shape index (κ2) is 6.79. The van der Waals surface area contributed by atoms with Gasteiger partial charge in [-0.3, -0.25) is 0 Å². The Bertz CT molecular complexity index is 532. The largest absolute Gasteiger partial charge is 0.497 e. The number of nitrogens with one attached hydrogen (secondary N) is 1. The zero-order chi connectivity index (χ0) is 16.3. The van der Waals surface area contributed by atoms with E-state index in [0.29, 0.717) is 0 Å².